The van der Waals surface area contributed by atoms with Gasteiger partial charge in [-0.1, -0.05) is 13.8 Å². The van der Waals surface area contributed by atoms with Crippen molar-refractivity contribution < 1.29 is 0 Å². The van der Waals surface area contributed by atoms with E-state index in [-0.39, 0.29) is 0 Å². The van der Waals surface area contributed by atoms with Crippen molar-refractivity contribution in [1.82, 2.24) is 20.2 Å². The summed E-state index contributed by atoms with van der Waals surface area (Å²) >= 11 is 0. The second-order valence-electron chi connectivity index (χ2n) is 4.59. The van der Waals surface area contributed by atoms with Crippen molar-refractivity contribution in [3.05, 3.63) is 23.8 Å². The Morgan fingerprint density at radius 2 is 2.12 bits per heavy atom. The molecule has 0 amide bonds. The smallest absolute Gasteiger partial charge is 0.131 e. The van der Waals surface area contributed by atoms with E-state index >= 15 is 0 Å². The Balaban J connectivity index is 2.00. The number of hydrogen-bond donors (Lipinski definition) is 1. The molecule has 88 valence electrons. The van der Waals surface area contributed by atoms with E-state index in [1.54, 1.807) is 0 Å². The summed E-state index contributed by atoms with van der Waals surface area (Å²) in [7, 11) is 0. The molecule has 0 aliphatic carbocycles. The highest BCUT2D eigenvalue weighted by Crippen LogP contribution is 2.09. The van der Waals surface area contributed by atoms with Crippen LogP contribution in [0.1, 0.15) is 31.3 Å². The minimum Gasteiger partial charge on any atom is -0.314 e. The Kier molecular flexibility index (Phi) is 3.85. The van der Waals surface area contributed by atoms with Gasteiger partial charge in [0, 0.05) is 44.8 Å². The summed E-state index contributed by atoms with van der Waals surface area (Å²) in [6.45, 7) is 9.60. The minimum absolute atomic E-state index is 0.406. The fraction of sp³-hybridized carbons (Fsp3) is 0.667. The molecule has 1 saturated heterocycles. The molecule has 1 aliphatic rings. The first kappa shape index (κ1) is 11.5. The number of piperazine rings is 1. The summed E-state index contributed by atoms with van der Waals surface area (Å²) in [5, 5.41) is 3.36. The molecule has 4 heteroatoms. The second-order valence-corrected chi connectivity index (χ2v) is 4.59. The van der Waals surface area contributed by atoms with Gasteiger partial charge in [-0.15, -0.1) is 0 Å². The van der Waals surface area contributed by atoms with E-state index in [9.17, 15) is 0 Å². The van der Waals surface area contributed by atoms with E-state index in [4.69, 9.17) is 0 Å². The van der Waals surface area contributed by atoms with E-state index in [1.807, 2.05) is 12.3 Å². The van der Waals surface area contributed by atoms with Crippen molar-refractivity contribution in [2.24, 2.45) is 0 Å². The summed E-state index contributed by atoms with van der Waals surface area (Å²) < 4.78 is 0. The van der Waals surface area contributed by atoms with Crippen LogP contribution in [-0.2, 0) is 6.54 Å². The third-order valence-electron chi connectivity index (χ3n) is 2.84. The zero-order valence-electron chi connectivity index (χ0n) is 10.1. The molecule has 0 spiro atoms. The molecular weight excluding hydrogens is 200 g/mol. The highest BCUT2D eigenvalue weighted by molar-refractivity contribution is 5.04. The van der Waals surface area contributed by atoms with Gasteiger partial charge in [-0.05, 0) is 6.07 Å². The summed E-state index contributed by atoms with van der Waals surface area (Å²) in [5.74, 6) is 1.36. The van der Waals surface area contributed by atoms with Crippen LogP contribution >= 0.6 is 0 Å². The maximum Gasteiger partial charge on any atom is 0.131 e. The average Bonchev–Trinajstić information content (AvgIpc) is 2.30. The average molecular weight is 220 g/mol. The Bertz CT molecular complexity index is 332. The minimum atomic E-state index is 0.406. The first-order valence-corrected chi connectivity index (χ1v) is 6.00. The summed E-state index contributed by atoms with van der Waals surface area (Å²) in [4.78, 5) is 11.3. The molecule has 0 radical (unpaired) electrons. The van der Waals surface area contributed by atoms with Gasteiger partial charge in [-0.2, -0.15) is 0 Å². The van der Waals surface area contributed by atoms with Crippen LogP contribution < -0.4 is 5.32 Å². The first-order valence-electron chi connectivity index (χ1n) is 6.00. The van der Waals surface area contributed by atoms with Gasteiger partial charge in [0.05, 0.1) is 5.69 Å². The van der Waals surface area contributed by atoms with Gasteiger partial charge in [0.2, 0.25) is 0 Å². The van der Waals surface area contributed by atoms with E-state index in [0.29, 0.717) is 5.92 Å². The summed E-state index contributed by atoms with van der Waals surface area (Å²) in [6, 6.07) is 2.02. The number of hydrogen-bond acceptors (Lipinski definition) is 4. The van der Waals surface area contributed by atoms with Gasteiger partial charge in [0.25, 0.3) is 0 Å². The molecule has 16 heavy (non-hydrogen) atoms. The van der Waals surface area contributed by atoms with E-state index in [1.165, 1.54) is 0 Å². The van der Waals surface area contributed by atoms with Crippen molar-refractivity contribution in [1.29, 1.82) is 0 Å². The topological polar surface area (TPSA) is 41.1 Å². The Morgan fingerprint density at radius 1 is 1.38 bits per heavy atom. The molecule has 0 aromatic carbocycles. The number of aromatic nitrogens is 2. The fourth-order valence-corrected chi connectivity index (χ4v) is 1.88. The van der Waals surface area contributed by atoms with E-state index in [0.717, 1.165) is 44.2 Å². The number of nitrogens with zero attached hydrogens (tertiary/aromatic N) is 3. The van der Waals surface area contributed by atoms with Gasteiger partial charge in [0.15, 0.2) is 0 Å². The van der Waals surface area contributed by atoms with E-state index in [2.05, 4.69) is 34.0 Å². The molecule has 0 bridgehead atoms. The molecule has 1 N–H and O–H groups in total. The van der Waals surface area contributed by atoms with Crippen molar-refractivity contribution in [2.75, 3.05) is 26.2 Å². The molecule has 0 unspecified atom stereocenters. The molecule has 0 atom stereocenters. The van der Waals surface area contributed by atoms with Gasteiger partial charge in [-0.25, -0.2) is 9.97 Å². The third kappa shape index (κ3) is 3.00. The standard InChI is InChI=1S/C12H20N4/c1-10(2)12-14-4-3-11(15-12)9-16-7-5-13-6-8-16/h3-4,10,13H,5-9H2,1-2H3. The predicted molar refractivity (Wildman–Crippen MR) is 64.3 cm³/mol. The molecule has 1 fully saturated rings. The van der Waals surface area contributed by atoms with Gasteiger partial charge in [-0.3, -0.25) is 4.90 Å². The molecule has 1 aromatic heterocycles. The molecular formula is C12H20N4. The fourth-order valence-electron chi connectivity index (χ4n) is 1.88. The Morgan fingerprint density at radius 3 is 2.81 bits per heavy atom. The first-order chi connectivity index (χ1) is 7.75. The van der Waals surface area contributed by atoms with Crippen LogP contribution in [-0.4, -0.2) is 41.0 Å². The van der Waals surface area contributed by atoms with Crippen LogP contribution in [0, 0.1) is 0 Å². The lowest BCUT2D eigenvalue weighted by Gasteiger charge is -2.26. The number of nitrogens with one attached hydrogen (secondary N) is 1. The molecule has 1 aromatic rings. The lowest BCUT2D eigenvalue weighted by Crippen LogP contribution is -2.43. The monoisotopic (exact) mass is 220 g/mol. The van der Waals surface area contributed by atoms with Gasteiger partial charge in [0.1, 0.15) is 5.82 Å². The van der Waals surface area contributed by atoms with Crippen LogP contribution in [0.4, 0.5) is 0 Å². The summed E-state index contributed by atoms with van der Waals surface area (Å²) in [6.07, 6.45) is 1.87. The Hall–Kier alpha value is -1.00. The predicted octanol–water partition coefficient (Wildman–Crippen LogP) is 1.01. The van der Waals surface area contributed by atoms with Crippen molar-refractivity contribution in [3.8, 4) is 0 Å². The molecule has 0 saturated carbocycles. The van der Waals surface area contributed by atoms with Gasteiger partial charge >= 0.3 is 0 Å². The van der Waals surface area contributed by atoms with Crippen LogP contribution in [0.5, 0.6) is 0 Å². The van der Waals surface area contributed by atoms with Crippen molar-refractivity contribution in [2.45, 2.75) is 26.3 Å². The Labute approximate surface area is 97.1 Å². The highest BCUT2D eigenvalue weighted by Gasteiger charge is 2.11. The molecule has 2 rings (SSSR count). The zero-order chi connectivity index (χ0) is 11.4. The highest BCUT2D eigenvalue weighted by atomic mass is 15.2. The van der Waals surface area contributed by atoms with Crippen LogP contribution in [0.3, 0.4) is 0 Å². The maximum absolute atomic E-state index is 4.59. The quantitative estimate of drug-likeness (QED) is 0.825. The normalized spacial score (nSPS) is 17.9. The van der Waals surface area contributed by atoms with Crippen LogP contribution in [0.2, 0.25) is 0 Å². The largest absolute Gasteiger partial charge is 0.314 e. The number of rotatable bonds is 3. The molecule has 2 heterocycles. The lowest BCUT2D eigenvalue weighted by molar-refractivity contribution is 0.230. The zero-order valence-corrected chi connectivity index (χ0v) is 10.1. The second kappa shape index (κ2) is 5.37. The van der Waals surface area contributed by atoms with Gasteiger partial charge < -0.3 is 5.32 Å². The maximum atomic E-state index is 4.59. The van der Waals surface area contributed by atoms with Crippen molar-refractivity contribution >= 4 is 0 Å². The third-order valence-corrected chi connectivity index (χ3v) is 2.84. The van der Waals surface area contributed by atoms with Crippen LogP contribution in [0.25, 0.3) is 0 Å². The van der Waals surface area contributed by atoms with Crippen molar-refractivity contribution in [3.63, 3.8) is 0 Å². The lowest BCUT2D eigenvalue weighted by atomic mass is 10.2. The molecule has 4 nitrogen and oxygen atoms in total. The SMILES string of the molecule is CC(C)c1nccc(CN2CCNCC2)n1. The van der Waals surface area contributed by atoms with Crippen LogP contribution in [0.15, 0.2) is 12.3 Å². The summed E-state index contributed by atoms with van der Waals surface area (Å²) in [5.41, 5.74) is 1.14. The molecule has 1 aliphatic heterocycles. The van der Waals surface area contributed by atoms with E-state index < -0.39 is 0 Å².